The number of aromatic nitrogens is 3. The SMILES string of the molecule is Cl.Cl.Cn1cc2c(n1)c(N)nc1ccccc12. The Labute approximate surface area is 111 Å². The second-order valence-electron chi connectivity index (χ2n) is 3.58. The van der Waals surface area contributed by atoms with E-state index in [4.69, 9.17) is 5.73 Å². The van der Waals surface area contributed by atoms with Crippen molar-refractivity contribution in [3.8, 4) is 0 Å². The van der Waals surface area contributed by atoms with Gasteiger partial charge in [0.15, 0.2) is 5.82 Å². The van der Waals surface area contributed by atoms with Crippen molar-refractivity contribution >= 4 is 52.4 Å². The molecule has 0 aliphatic rings. The largest absolute Gasteiger partial charge is 0.382 e. The maximum Gasteiger partial charge on any atom is 0.152 e. The van der Waals surface area contributed by atoms with Gasteiger partial charge in [-0.2, -0.15) is 5.10 Å². The average molecular weight is 271 g/mol. The van der Waals surface area contributed by atoms with Crippen molar-refractivity contribution in [2.75, 3.05) is 5.73 Å². The Bertz CT molecular complexity index is 663. The van der Waals surface area contributed by atoms with Gasteiger partial charge in [0.25, 0.3) is 0 Å². The van der Waals surface area contributed by atoms with Crippen LogP contribution >= 0.6 is 24.8 Å². The van der Waals surface area contributed by atoms with Gasteiger partial charge < -0.3 is 5.73 Å². The van der Waals surface area contributed by atoms with Crippen LogP contribution in [0.25, 0.3) is 21.8 Å². The number of nitrogens with two attached hydrogens (primary N) is 1. The Kier molecular flexibility index (Phi) is 3.80. The van der Waals surface area contributed by atoms with Crippen molar-refractivity contribution in [2.24, 2.45) is 7.05 Å². The average Bonchev–Trinajstić information content (AvgIpc) is 2.61. The minimum Gasteiger partial charge on any atom is -0.382 e. The van der Waals surface area contributed by atoms with Crippen LogP contribution in [0.1, 0.15) is 0 Å². The van der Waals surface area contributed by atoms with E-state index in [0.29, 0.717) is 5.82 Å². The van der Waals surface area contributed by atoms with Crippen molar-refractivity contribution in [1.29, 1.82) is 0 Å². The van der Waals surface area contributed by atoms with Gasteiger partial charge in [0, 0.05) is 24.0 Å². The van der Waals surface area contributed by atoms with Crippen LogP contribution in [0.15, 0.2) is 30.5 Å². The summed E-state index contributed by atoms with van der Waals surface area (Å²) < 4.78 is 1.76. The number of rotatable bonds is 0. The summed E-state index contributed by atoms with van der Waals surface area (Å²) in [6, 6.07) is 7.94. The van der Waals surface area contributed by atoms with Crippen LogP contribution in [0, 0.1) is 0 Å². The zero-order chi connectivity index (χ0) is 10.4. The first kappa shape index (κ1) is 13.5. The molecule has 3 aromatic rings. The molecule has 0 unspecified atom stereocenters. The molecule has 0 amide bonds. The Balaban J connectivity index is 0.000000722. The van der Waals surface area contributed by atoms with Gasteiger partial charge in [0.1, 0.15) is 5.52 Å². The first-order chi connectivity index (χ1) is 7.25. The van der Waals surface area contributed by atoms with E-state index in [1.54, 1.807) is 4.68 Å². The summed E-state index contributed by atoms with van der Waals surface area (Å²) in [5.41, 5.74) is 7.54. The lowest BCUT2D eigenvalue weighted by molar-refractivity contribution is 0.780. The lowest BCUT2D eigenvalue weighted by atomic mass is 10.1. The fourth-order valence-electron chi connectivity index (χ4n) is 1.86. The van der Waals surface area contributed by atoms with Gasteiger partial charge in [-0.15, -0.1) is 24.8 Å². The third-order valence-electron chi connectivity index (χ3n) is 2.51. The number of para-hydroxylation sites is 1. The highest BCUT2D eigenvalue weighted by Crippen LogP contribution is 2.25. The number of anilines is 1. The van der Waals surface area contributed by atoms with Gasteiger partial charge in [-0.3, -0.25) is 4.68 Å². The standard InChI is InChI=1S/C11H10N4.2ClH/c1-15-6-8-7-4-2-3-5-9(7)13-11(12)10(8)14-15;;/h2-6H,1H3,(H2,12,13);2*1H. The second-order valence-corrected chi connectivity index (χ2v) is 3.58. The fraction of sp³-hybridized carbons (Fsp3) is 0.0909. The number of hydrogen-bond acceptors (Lipinski definition) is 3. The summed E-state index contributed by atoms with van der Waals surface area (Å²) in [6.45, 7) is 0. The van der Waals surface area contributed by atoms with E-state index in [2.05, 4.69) is 10.1 Å². The predicted octanol–water partition coefficient (Wildman–Crippen LogP) is 2.55. The molecular formula is C11H12Cl2N4. The molecule has 0 spiro atoms. The van der Waals surface area contributed by atoms with Crippen molar-refractivity contribution in [3.63, 3.8) is 0 Å². The van der Waals surface area contributed by atoms with Gasteiger partial charge >= 0.3 is 0 Å². The van der Waals surface area contributed by atoms with Gasteiger partial charge in [-0.1, -0.05) is 18.2 Å². The van der Waals surface area contributed by atoms with E-state index in [1.165, 1.54) is 0 Å². The molecule has 0 radical (unpaired) electrons. The first-order valence-electron chi connectivity index (χ1n) is 4.73. The van der Waals surface area contributed by atoms with Crippen LogP contribution < -0.4 is 5.73 Å². The van der Waals surface area contributed by atoms with Gasteiger partial charge in [-0.25, -0.2) is 4.98 Å². The Hall–Kier alpha value is -1.52. The van der Waals surface area contributed by atoms with Crippen LogP contribution in [0.3, 0.4) is 0 Å². The summed E-state index contributed by atoms with van der Waals surface area (Å²) in [4.78, 5) is 4.32. The predicted molar refractivity (Wildman–Crippen MR) is 74.9 cm³/mol. The lowest BCUT2D eigenvalue weighted by Crippen LogP contribution is -1.93. The van der Waals surface area contributed by atoms with Crippen LogP contribution in [0.2, 0.25) is 0 Å². The van der Waals surface area contributed by atoms with E-state index in [-0.39, 0.29) is 24.8 Å². The minimum atomic E-state index is 0. The van der Waals surface area contributed by atoms with Crippen LogP contribution in [-0.4, -0.2) is 14.8 Å². The Morgan fingerprint density at radius 3 is 2.59 bits per heavy atom. The van der Waals surface area contributed by atoms with Crippen LogP contribution in [0.4, 0.5) is 5.82 Å². The summed E-state index contributed by atoms with van der Waals surface area (Å²) in [6.07, 6.45) is 1.97. The third kappa shape index (κ3) is 2.01. The number of benzene rings is 1. The molecule has 0 bridgehead atoms. The molecule has 2 N–H and O–H groups in total. The highest BCUT2D eigenvalue weighted by molar-refractivity contribution is 6.07. The van der Waals surface area contributed by atoms with Crippen molar-refractivity contribution in [2.45, 2.75) is 0 Å². The van der Waals surface area contributed by atoms with Gasteiger partial charge in [-0.05, 0) is 6.07 Å². The maximum atomic E-state index is 5.85. The number of hydrogen-bond donors (Lipinski definition) is 1. The molecule has 0 saturated carbocycles. The smallest absolute Gasteiger partial charge is 0.152 e. The number of aryl methyl sites for hydroxylation is 1. The van der Waals surface area contributed by atoms with Crippen molar-refractivity contribution in [1.82, 2.24) is 14.8 Å². The molecule has 17 heavy (non-hydrogen) atoms. The lowest BCUT2D eigenvalue weighted by Gasteiger charge is -1.99. The topological polar surface area (TPSA) is 56.7 Å². The third-order valence-corrected chi connectivity index (χ3v) is 2.51. The number of halogens is 2. The van der Waals surface area contributed by atoms with E-state index in [9.17, 15) is 0 Å². The van der Waals surface area contributed by atoms with Crippen molar-refractivity contribution < 1.29 is 0 Å². The maximum absolute atomic E-state index is 5.85. The van der Waals surface area contributed by atoms with E-state index in [1.807, 2.05) is 37.5 Å². The number of nitrogens with zero attached hydrogens (tertiary/aromatic N) is 3. The van der Waals surface area contributed by atoms with Crippen molar-refractivity contribution in [3.05, 3.63) is 30.5 Å². The number of fused-ring (bicyclic) bond motifs is 3. The molecule has 0 aliphatic heterocycles. The summed E-state index contributed by atoms with van der Waals surface area (Å²) in [7, 11) is 1.88. The van der Waals surface area contributed by atoms with E-state index in [0.717, 1.165) is 21.8 Å². The quantitative estimate of drug-likeness (QED) is 0.683. The first-order valence-corrected chi connectivity index (χ1v) is 4.73. The van der Waals surface area contributed by atoms with Crippen LogP contribution in [0.5, 0.6) is 0 Å². The molecule has 0 fully saturated rings. The zero-order valence-corrected chi connectivity index (χ0v) is 10.8. The van der Waals surface area contributed by atoms with Gasteiger partial charge in [0.05, 0.1) is 5.52 Å². The normalized spacial score (nSPS) is 9.94. The Morgan fingerprint density at radius 1 is 1.12 bits per heavy atom. The highest BCUT2D eigenvalue weighted by atomic mass is 35.5. The molecule has 3 rings (SSSR count). The van der Waals surface area contributed by atoms with E-state index >= 15 is 0 Å². The molecule has 1 aromatic carbocycles. The molecule has 2 aromatic heterocycles. The molecule has 0 aliphatic carbocycles. The van der Waals surface area contributed by atoms with Crippen LogP contribution in [-0.2, 0) is 7.05 Å². The molecule has 2 heterocycles. The zero-order valence-electron chi connectivity index (χ0n) is 9.12. The molecule has 6 heteroatoms. The van der Waals surface area contributed by atoms with E-state index < -0.39 is 0 Å². The summed E-state index contributed by atoms with van der Waals surface area (Å²) >= 11 is 0. The molecule has 4 nitrogen and oxygen atoms in total. The molecule has 90 valence electrons. The molecule has 0 atom stereocenters. The Morgan fingerprint density at radius 2 is 1.82 bits per heavy atom. The second kappa shape index (κ2) is 4.77. The monoisotopic (exact) mass is 270 g/mol. The van der Waals surface area contributed by atoms with Gasteiger partial charge in [0.2, 0.25) is 0 Å². The molecular weight excluding hydrogens is 259 g/mol. The summed E-state index contributed by atoms with van der Waals surface area (Å²) in [5, 5.41) is 6.44. The highest BCUT2D eigenvalue weighted by Gasteiger charge is 2.08. The minimum absolute atomic E-state index is 0. The fourth-order valence-corrected chi connectivity index (χ4v) is 1.86. The number of nitrogen functional groups attached to an aromatic ring is 1. The number of pyridine rings is 1. The molecule has 0 saturated heterocycles. The summed E-state index contributed by atoms with van der Waals surface area (Å²) in [5.74, 6) is 0.490.